The van der Waals surface area contributed by atoms with Crippen LogP contribution in [0.1, 0.15) is 13.8 Å². The molecule has 0 aromatic heterocycles. The summed E-state index contributed by atoms with van der Waals surface area (Å²) in [6.07, 6.45) is 1.26. The van der Waals surface area contributed by atoms with E-state index in [1.54, 1.807) is 32.0 Å². The molecule has 1 aromatic carbocycles. The van der Waals surface area contributed by atoms with Gasteiger partial charge in [-0.25, -0.2) is 9.59 Å². The lowest BCUT2D eigenvalue weighted by atomic mass is 10.2. The molecule has 0 saturated carbocycles. The van der Waals surface area contributed by atoms with Gasteiger partial charge in [-0.2, -0.15) is 0 Å². The summed E-state index contributed by atoms with van der Waals surface area (Å²) in [6, 6.07) is 5.10. The topological polar surface area (TPSA) is 64.6 Å². The number of esters is 2. The Labute approximate surface area is 136 Å². The van der Waals surface area contributed by atoms with Crippen LogP contribution in [0.15, 0.2) is 34.4 Å². The molecule has 0 aliphatic heterocycles. The van der Waals surface area contributed by atoms with Gasteiger partial charge in [0.05, 0.1) is 18.2 Å². The number of hydrogen-bond acceptors (Lipinski definition) is 5. The smallest absolute Gasteiger partial charge is 0.347 e. The quantitative estimate of drug-likeness (QED) is 0.356. The van der Waals surface area contributed by atoms with Crippen molar-refractivity contribution in [2.24, 2.45) is 0 Å². The molecule has 5 nitrogen and oxygen atoms in total. The van der Waals surface area contributed by atoms with E-state index in [0.29, 0.717) is 15.2 Å². The predicted molar refractivity (Wildman–Crippen MR) is 84.1 cm³/mol. The first-order valence-corrected chi connectivity index (χ1v) is 7.42. The van der Waals surface area contributed by atoms with Crippen molar-refractivity contribution in [3.05, 3.63) is 39.5 Å². The number of carbonyl (C=O) groups is 2. The molecule has 0 aliphatic carbocycles. The summed E-state index contributed by atoms with van der Waals surface area (Å²) in [5.41, 5.74) is 0.446. The lowest BCUT2D eigenvalue weighted by Gasteiger charge is -2.08. The number of nitrogens with one attached hydrogen (secondary N) is 1. The van der Waals surface area contributed by atoms with E-state index in [-0.39, 0.29) is 18.8 Å². The molecule has 1 aromatic rings. The summed E-state index contributed by atoms with van der Waals surface area (Å²) >= 11 is 9.17. The third-order valence-corrected chi connectivity index (χ3v) is 3.51. The van der Waals surface area contributed by atoms with E-state index >= 15 is 0 Å². The van der Waals surface area contributed by atoms with Gasteiger partial charge in [0.15, 0.2) is 5.57 Å². The lowest BCUT2D eigenvalue weighted by molar-refractivity contribution is -0.146. The van der Waals surface area contributed by atoms with Gasteiger partial charge in [0.1, 0.15) is 0 Å². The summed E-state index contributed by atoms with van der Waals surface area (Å²) < 4.78 is 10.3. The Morgan fingerprint density at radius 3 is 2.29 bits per heavy atom. The molecule has 0 heterocycles. The minimum Gasteiger partial charge on any atom is -0.462 e. The van der Waals surface area contributed by atoms with Gasteiger partial charge in [-0.15, -0.1) is 0 Å². The van der Waals surface area contributed by atoms with Crippen LogP contribution in [0.25, 0.3) is 0 Å². The maximum atomic E-state index is 11.7. The van der Waals surface area contributed by atoms with E-state index in [4.69, 9.17) is 21.1 Å². The predicted octanol–water partition coefficient (Wildman–Crippen LogP) is 3.52. The molecule has 0 unspecified atom stereocenters. The van der Waals surface area contributed by atoms with Gasteiger partial charge in [-0.05, 0) is 48.0 Å². The van der Waals surface area contributed by atoms with E-state index in [0.717, 1.165) is 0 Å². The van der Waals surface area contributed by atoms with Crippen LogP contribution in [0, 0.1) is 0 Å². The van der Waals surface area contributed by atoms with Crippen molar-refractivity contribution in [3.8, 4) is 0 Å². The molecule has 0 bridgehead atoms. The molecule has 21 heavy (non-hydrogen) atoms. The first-order valence-electron chi connectivity index (χ1n) is 6.25. The average Bonchev–Trinajstić information content (AvgIpc) is 2.43. The Bertz CT molecular complexity index is 540. The molecule has 0 saturated heterocycles. The Kier molecular flexibility index (Phi) is 7.25. The molecule has 1 rings (SSSR count). The number of halogens is 2. The molecule has 7 heteroatoms. The van der Waals surface area contributed by atoms with Crippen molar-refractivity contribution in [2.75, 3.05) is 18.5 Å². The van der Waals surface area contributed by atoms with Gasteiger partial charge in [-0.1, -0.05) is 11.6 Å². The highest BCUT2D eigenvalue weighted by atomic mass is 79.9. The largest absolute Gasteiger partial charge is 0.462 e. The monoisotopic (exact) mass is 375 g/mol. The third-order valence-electron chi connectivity index (χ3n) is 2.29. The fourth-order valence-electron chi connectivity index (χ4n) is 1.36. The second-order valence-electron chi connectivity index (χ2n) is 3.77. The molecular formula is C14H15BrClNO4. The second kappa shape index (κ2) is 8.69. The SMILES string of the molecule is CCOC(=O)C(=CNc1ccc(Cl)c(Br)c1)C(=O)OCC. The Hall–Kier alpha value is -1.53. The van der Waals surface area contributed by atoms with Crippen LogP contribution in [0.2, 0.25) is 5.02 Å². The molecule has 0 spiro atoms. The highest BCUT2D eigenvalue weighted by Gasteiger charge is 2.20. The Balaban J connectivity index is 2.93. The molecular weight excluding hydrogens is 362 g/mol. The molecule has 0 fully saturated rings. The van der Waals surface area contributed by atoms with Crippen molar-refractivity contribution < 1.29 is 19.1 Å². The summed E-state index contributed by atoms with van der Waals surface area (Å²) in [5.74, 6) is -1.48. The number of ether oxygens (including phenoxy) is 2. The van der Waals surface area contributed by atoms with Gasteiger partial charge in [0, 0.05) is 16.4 Å². The molecule has 1 N–H and O–H groups in total. The Morgan fingerprint density at radius 1 is 1.24 bits per heavy atom. The van der Waals surface area contributed by atoms with Crippen LogP contribution < -0.4 is 5.32 Å². The average molecular weight is 377 g/mol. The van der Waals surface area contributed by atoms with Crippen molar-refractivity contribution in [1.29, 1.82) is 0 Å². The van der Waals surface area contributed by atoms with E-state index in [2.05, 4.69) is 21.2 Å². The van der Waals surface area contributed by atoms with Crippen LogP contribution in [0.5, 0.6) is 0 Å². The van der Waals surface area contributed by atoms with Crippen molar-refractivity contribution in [2.45, 2.75) is 13.8 Å². The molecule has 0 amide bonds. The number of rotatable bonds is 6. The van der Waals surface area contributed by atoms with E-state index in [1.807, 2.05) is 0 Å². The zero-order valence-electron chi connectivity index (χ0n) is 11.6. The van der Waals surface area contributed by atoms with Gasteiger partial charge in [0.2, 0.25) is 0 Å². The van der Waals surface area contributed by atoms with Gasteiger partial charge in [-0.3, -0.25) is 0 Å². The van der Waals surface area contributed by atoms with Crippen LogP contribution >= 0.6 is 27.5 Å². The molecule has 0 atom stereocenters. The van der Waals surface area contributed by atoms with Gasteiger partial charge >= 0.3 is 11.9 Å². The van der Waals surface area contributed by atoms with Crippen molar-refractivity contribution in [3.63, 3.8) is 0 Å². The number of carbonyl (C=O) groups excluding carboxylic acids is 2. The zero-order valence-corrected chi connectivity index (χ0v) is 14.0. The summed E-state index contributed by atoms with van der Waals surface area (Å²) in [7, 11) is 0. The van der Waals surface area contributed by atoms with Crippen LogP contribution in [-0.2, 0) is 19.1 Å². The lowest BCUT2D eigenvalue weighted by Crippen LogP contribution is -2.19. The third kappa shape index (κ3) is 5.40. The second-order valence-corrected chi connectivity index (χ2v) is 5.03. The highest BCUT2D eigenvalue weighted by molar-refractivity contribution is 9.10. The molecule has 0 aliphatic rings. The minimum atomic E-state index is -0.739. The zero-order chi connectivity index (χ0) is 15.8. The fourth-order valence-corrected chi connectivity index (χ4v) is 1.86. The summed E-state index contributed by atoms with van der Waals surface area (Å²) in [6.45, 7) is 3.65. The maximum Gasteiger partial charge on any atom is 0.347 e. The standard InChI is InChI=1S/C14H15BrClNO4/c1-3-20-13(18)10(14(19)21-4-2)8-17-9-5-6-12(16)11(15)7-9/h5-8,17H,3-4H2,1-2H3. The van der Waals surface area contributed by atoms with Gasteiger partial charge < -0.3 is 14.8 Å². The van der Waals surface area contributed by atoms with Crippen molar-refractivity contribution >= 4 is 45.2 Å². The van der Waals surface area contributed by atoms with Crippen LogP contribution in [0.4, 0.5) is 5.69 Å². The van der Waals surface area contributed by atoms with Gasteiger partial charge in [0.25, 0.3) is 0 Å². The first kappa shape index (κ1) is 17.5. The number of benzene rings is 1. The van der Waals surface area contributed by atoms with E-state index in [9.17, 15) is 9.59 Å². The first-order chi connectivity index (χ1) is 9.99. The van der Waals surface area contributed by atoms with E-state index < -0.39 is 11.9 Å². The molecule has 0 radical (unpaired) electrons. The minimum absolute atomic E-state index is 0.169. The van der Waals surface area contributed by atoms with Crippen LogP contribution in [-0.4, -0.2) is 25.2 Å². The highest BCUT2D eigenvalue weighted by Crippen LogP contribution is 2.25. The van der Waals surface area contributed by atoms with Crippen molar-refractivity contribution in [1.82, 2.24) is 0 Å². The fraction of sp³-hybridized carbons (Fsp3) is 0.286. The van der Waals surface area contributed by atoms with Crippen LogP contribution in [0.3, 0.4) is 0 Å². The van der Waals surface area contributed by atoms with E-state index in [1.165, 1.54) is 6.20 Å². The number of anilines is 1. The molecule has 114 valence electrons. The normalized spacial score (nSPS) is 9.71. The number of hydrogen-bond donors (Lipinski definition) is 1. The maximum absolute atomic E-state index is 11.7. The Morgan fingerprint density at radius 2 is 1.81 bits per heavy atom. The summed E-state index contributed by atoms with van der Waals surface area (Å²) in [4.78, 5) is 23.5. The summed E-state index contributed by atoms with van der Waals surface area (Å²) in [5, 5.41) is 3.40.